The number of nitrogens with zero attached hydrogens (tertiary/aromatic N) is 4. The van der Waals surface area contributed by atoms with Crippen LogP contribution in [0.1, 0.15) is 22.6 Å². The van der Waals surface area contributed by atoms with E-state index in [2.05, 4.69) is 45.2 Å². The molecule has 8 rings (SSSR count). The highest BCUT2D eigenvalue weighted by Crippen LogP contribution is 2.49. The minimum absolute atomic E-state index is 0.382. The van der Waals surface area contributed by atoms with Gasteiger partial charge in [-0.25, -0.2) is 19.3 Å². The van der Waals surface area contributed by atoms with E-state index in [1.165, 1.54) is 0 Å². The number of ether oxygens (including phenoxy) is 1. The first-order valence-corrected chi connectivity index (χ1v) is 13.8. The number of halogens is 1. The van der Waals surface area contributed by atoms with Gasteiger partial charge in [-0.1, -0.05) is 94.8 Å². The molecule has 0 N–H and O–H groups in total. The molecule has 7 nitrogen and oxygen atoms in total. The molecule has 196 valence electrons. The second kappa shape index (κ2) is 9.25. The molecule has 0 aliphatic carbocycles. The van der Waals surface area contributed by atoms with Crippen molar-refractivity contribution >= 4 is 32.5 Å². The van der Waals surface area contributed by atoms with Gasteiger partial charge in [0.2, 0.25) is 5.88 Å². The topological polar surface area (TPSA) is 82.5 Å². The van der Waals surface area contributed by atoms with Crippen molar-refractivity contribution < 1.29 is 9.15 Å². The molecule has 41 heavy (non-hydrogen) atoms. The van der Waals surface area contributed by atoms with E-state index < -0.39 is 11.5 Å². The Morgan fingerprint density at radius 2 is 1.46 bits per heavy atom. The van der Waals surface area contributed by atoms with E-state index in [0.717, 1.165) is 26.7 Å². The predicted octanol–water partition coefficient (Wildman–Crippen LogP) is 7.61. The van der Waals surface area contributed by atoms with Crippen LogP contribution in [0.3, 0.4) is 0 Å². The monoisotopic (exact) mass is 598 g/mol. The van der Waals surface area contributed by atoms with Crippen LogP contribution in [-0.4, -0.2) is 19.6 Å². The molecule has 4 heterocycles. The molecule has 0 fully saturated rings. The Bertz CT molecular complexity index is 2160. The second-order valence-electron chi connectivity index (χ2n) is 9.83. The largest absolute Gasteiger partial charge is 0.437 e. The molecule has 1 aliphatic heterocycles. The van der Waals surface area contributed by atoms with Crippen LogP contribution in [0.25, 0.3) is 39.1 Å². The van der Waals surface area contributed by atoms with Crippen molar-refractivity contribution in [2.24, 2.45) is 0 Å². The van der Waals surface area contributed by atoms with E-state index >= 15 is 0 Å². The fraction of sp³-hybridized carbons (Fsp3) is 0.0303. The zero-order valence-electron chi connectivity index (χ0n) is 21.4. The van der Waals surface area contributed by atoms with E-state index in [9.17, 15) is 4.79 Å². The van der Waals surface area contributed by atoms with Gasteiger partial charge in [-0.05, 0) is 41.0 Å². The number of para-hydroxylation sites is 1. The molecule has 1 atom stereocenters. The fourth-order valence-corrected chi connectivity index (χ4v) is 5.75. The number of benzene rings is 4. The van der Waals surface area contributed by atoms with Gasteiger partial charge in [-0.15, -0.1) is 5.10 Å². The first kappa shape index (κ1) is 23.8. The van der Waals surface area contributed by atoms with E-state index in [-0.39, 0.29) is 0 Å². The summed E-state index contributed by atoms with van der Waals surface area (Å²) in [4.78, 5) is 23.1. The second-order valence-corrected chi connectivity index (χ2v) is 10.7. The minimum Gasteiger partial charge on any atom is -0.437 e. The first-order valence-electron chi connectivity index (χ1n) is 13.0. The molecule has 1 aliphatic rings. The maximum absolute atomic E-state index is 13.5. The molecule has 0 spiro atoms. The summed E-state index contributed by atoms with van der Waals surface area (Å²) in [6, 6.07) is 33.6. The van der Waals surface area contributed by atoms with Crippen LogP contribution in [0.4, 0.5) is 0 Å². The molecule has 1 unspecified atom stereocenters. The molecule has 0 amide bonds. The van der Waals surface area contributed by atoms with Crippen molar-refractivity contribution in [2.75, 3.05) is 0 Å². The number of rotatable bonds is 3. The maximum Gasteiger partial charge on any atom is 0.344 e. The smallest absolute Gasteiger partial charge is 0.344 e. The lowest BCUT2D eigenvalue weighted by atomic mass is 9.84. The average Bonchev–Trinajstić information content (AvgIpc) is 3.46. The van der Waals surface area contributed by atoms with Crippen molar-refractivity contribution in [1.82, 2.24) is 19.6 Å². The normalized spacial score (nSPS) is 14.0. The van der Waals surface area contributed by atoms with Crippen LogP contribution >= 0.6 is 15.9 Å². The maximum atomic E-state index is 13.5. The third-order valence-corrected chi connectivity index (χ3v) is 7.94. The number of aromatic nitrogens is 4. The molecule has 3 aromatic heterocycles. The molecular weight excluding hydrogens is 580 g/mol. The molecule has 0 saturated heterocycles. The Morgan fingerprint density at radius 3 is 2.27 bits per heavy atom. The van der Waals surface area contributed by atoms with Crippen molar-refractivity contribution in [2.45, 2.75) is 5.92 Å². The van der Waals surface area contributed by atoms with E-state index in [1.54, 1.807) is 16.9 Å². The predicted molar refractivity (Wildman–Crippen MR) is 159 cm³/mol. The third kappa shape index (κ3) is 3.87. The molecular formula is C33H19BrN4O3. The van der Waals surface area contributed by atoms with Crippen molar-refractivity contribution in [3.8, 4) is 34.1 Å². The average molecular weight is 599 g/mol. The Labute approximate surface area is 241 Å². The quantitative estimate of drug-likeness (QED) is 0.195. The Balaban J connectivity index is 1.33. The van der Waals surface area contributed by atoms with Crippen LogP contribution in [0.2, 0.25) is 0 Å². The summed E-state index contributed by atoms with van der Waals surface area (Å²) in [7, 11) is 0. The van der Waals surface area contributed by atoms with Gasteiger partial charge in [0, 0.05) is 10.0 Å². The van der Waals surface area contributed by atoms with E-state index in [0.29, 0.717) is 45.2 Å². The molecule has 0 saturated carbocycles. The summed E-state index contributed by atoms with van der Waals surface area (Å²) >= 11 is 3.53. The summed E-state index contributed by atoms with van der Waals surface area (Å²) in [5, 5.41) is 5.45. The number of hydrogen-bond donors (Lipinski definition) is 0. The standard InChI is InChI=1S/C33H19BrN4O3/c34-23-16-14-21(15-17-23)26-27-29(24-8-4-5-9-25(24)40-33(27)39)41-32-28(26)31-36-30(37-38(31)18-35-32)22-12-10-20(11-13-22)19-6-2-1-3-7-19/h1-18,26H. The number of fused-ring (bicyclic) bond motifs is 6. The molecule has 4 aromatic carbocycles. The highest BCUT2D eigenvalue weighted by atomic mass is 79.9. The van der Waals surface area contributed by atoms with Gasteiger partial charge in [-0.2, -0.15) is 0 Å². The zero-order valence-corrected chi connectivity index (χ0v) is 22.9. The summed E-state index contributed by atoms with van der Waals surface area (Å²) < 4.78 is 14.7. The Morgan fingerprint density at radius 1 is 0.756 bits per heavy atom. The third-order valence-electron chi connectivity index (χ3n) is 7.42. The van der Waals surface area contributed by atoms with Gasteiger partial charge >= 0.3 is 5.63 Å². The summed E-state index contributed by atoms with van der Waals surface area (Å²) in [5.41, 5.74) is 5.61. The molecule has 8 heteroatoms. The van der Waals surface area contributed by atoms with Crippen LogP contribution < -0.4 is 10.4 Å². The van der Waals surface area contributed by atoms with Crippen molar-refractivity contribution in [1.29, 1.82) is 0 Å². The van der Waals surface area contributed by atoms with Crippen LogP contribution in [0, 0.1) is 0 Å². The lowest BCUT2D eigenvalue weighted by molar-refractivity contribution is 0.422. The van der Waals surface area contributed by atoms with Crippen molar-refractivity contribution in [3.05, 3.63) is 141 Å². The van der Waals surface area contributed by atoms with Gasteiger partial charge in [0.15, 0.2) is 17.2 Å². The van der Waals surface area contributed by atoms with Crippen LogP contribution in [-0.2, 0) is 0 Å². The lowest BCUT2D eigenvalue weighted by Gasteiger charge is -2.27. The number of hydrogen-bond acceptors (Lipinski definition) is 6. The summed E-state index contributed by atoms with van der Waals surface area (Å²) in [5.74, 6) is 0.847. The first-order chi connectivity index (χ1) is 20.1. The van der Waals surface area contributed by atoms with Gasteiger partial charge in [0.1, 0.15) is 11.9 Å². The van der Waals surface area contributed by atoms with Crippen molar-refractivity contribution in [3.63, 3.8) is 0 Å². The van der Waals surface area contributed by atoms with E-state index in [1.807, 2.05) is 72.8 Å². The van der Waals surface area contributed by atoms with Crippen LogP contribution in [0.15, 0.2) is 123 Å². The van der Waals surface area contributed by atoms with Gasteiger partial charge in [0.25, 0.3) is 0 Å². The zero-order chi connectivity index (χ0) is 27.5. The van der Waals surface area contributed by atoms with Gasteiger partial charge < -0.3 is 9.15 Å². The highest BCUT2D eigenvalue weighted by Gasteiger charge is 2.37. The van der Waals surface area contributed by atoms with Gasteiger partial charge in [-0.3, -0.25) is 0 Å². The van der Waals surface area contributed by atoms with Gasteiger partial charge in [0.05, 0.1) is 22.4 Å². The fourth-order valence-electron chi connectivity index (χ4n) is 5.48. The molecule has 0 radical (unpaired) electrons. The highest BCUT2D eigenvalue weighted by molar-refractivity contribution is 9.10. The molecule has 0 bridgehead atoms. The summed E-state index contributed by atoms with van der Waals surface area (Å²) in [6.45, 7) is 0. The molecule has 7 aromatic rings. The SMILES string of the molecule is O=c1oc2ccccc2c2c1C(c1ccc(Br)cc1)c1c(ncn3nc(-c4ccc(-c5ccccc5)cc4)nc13)O2. The summed E-state index contributed by atoms with van der Waals surface area (Å²) in [6.07, 6.45) is 1.60. The minimum atomic E-state index is -0.531. The Kier molecular flexibility index (Phi) is 5.36. The van der Waals surface area contributed by atoms with Crippen LogP contribution in [0.5, 0.6) is 11.6 Å². The lowest BCUT2D eigenvalue weighted by Crippen LogP contribution is -2.22. The Hall–Kier alpha value is -5.08. The van der Waals surface area contributed by atoms with E-state index in [4.69, 9.17) is 19.2 Å².